The zero-order valence-electron chi connectivity index (χ0n) is 26.5. The van der Waals surface area contributed by atoms with Gasteiger partial charge in [-0.25, -0.2) is 0 Å². The van der Waals surface area contributed by atoms with E-state index in [-0.39, 0.29) is 0 Å². The van der Waals surface area contributed by atoms with Crippen molar-refractivity contribution in [2.75, 3.05) is 4.90 Å². The third-order valence-electron chi connectivity index (χ3n) is 9.67. The van der Waals surface area contributed by atoms with E-state index in [0.29, 0.717) is 0 Å². The summed E-state index contributed by atoms with van der Waals surface area (Å²) in [6.07, 6.45) is 0. The van der Waals surface area contributed by atoms with Crippen LogP contribution < -0.4 is 4.90 Å². The average Bonchev–Trinajstić information content (AvgIpc) is 3.75. The minimum atomic E-state index is 0.895. The van der Waals surface area contributed by atoms with Crippen LogP contribution in [0.5, 0.6) is 0 Å². The van der Waals surface area contributed by atoms with Crippen LogP contribution in [0.1, 0.15) is 0 Å². The van der Waals surface area contributed by atoms with Crippen molar-refractivity contribution in [3.05, 3.63) is 176 Å². The first-order valence-corrected chi connectivity index (χ1v) is 16.6. The largest absolute Gasteiger partial charge is 0.456 e. The van der Waals surface area contributed by atoms with Gasteiger partial charge in [-0.15, -0.1) is 0 Å². The highest BCUT2D eigenvalue weighted by Crippen LogP contribution is 2.44. The second-order valence-corrected chi connectivity index (χ2v) is 12.5. The smallest absolute Gasteiger partial charge is 0.143 e. The Morgan fingerprint density at radius 2 is 1.00 bits per heavy atom. The van der Waals surface area contributed by atoms with Crippen LogP contribution in [0.3, 0.4) is 0 Å². The zero-order valence-corrected chi connectivity index (χ0v) is 26.5. The summed E-state index contributed by atoms with van der Waals surface area (Å²) in [5.41, 5.74) is 11.4. The molecule has 0 spiro atoms. The molecule has 0 saturated carbocycles. The summed E-state index contributed by atoms with van der Waals surface area (Å²) in [5.74, 6) is 0. The molecule has 0 aliphatic rings. The van der Waals surface area contributed by atoms with Gasteiger partial charge in [0.05, 0.1) is 5.69 Å². The fourth-order valence-electron chi connectivity index (χ4n) is 7.39. The van der Waals surface area contributed by atoms with E-state index in [2.05, 4.69) is 157 Å². The predicted molar refractivity (Wildman–Crippen MR) is 204 cm³/mol. The Labute approximate surface area is 282 Å². The predicted octanol–water partition coefficient (Wildman–Crippen LogP) is 13.4. The summed E-state index contributed by atoms with van der Waals surface area (Å²) in [6.45, 7) is 0. The third kappa shape index (κ3) is 4.44. The van der Waals surface area contributed by atoms with Gasteiger partial charge in [-0.2, -0.15) is 0 Å². The number of hydrogen-bond acceptors (Lipinski definition) is 3. The van der Waals surface area contributed by atoms with E-state index in [1.807, 2.05) is 24.3 Å². The highest BCUT2D eigenvalue weighted by molar-refractivity contribution is 6.19. The molecule has 10 rings (SSSR count). The van der Waals surface area contributed by atoms with Crippen LogP contribution in [0.25, 0.3) is 76.9 Å². The number of nitrogens with zero attached hydrogens (tertiary/aromatic N) is 1. The Morgan fingerprint density at radius 3 is 1.86 bits per heavy atom. The first-order valence-electron chi connectivity index (χ1n) is 16.6. The molecule has 0 fully saturated rings. The van der Waals surface area contributed by atoms with Crippen molar-refractivity contribution in [2.24, 2.45) is 0 Å². The second kappa shape index (κ2) is 11.0. The summed E-state index contributed by atoms with van der Waals surface area (Å²) in [5, 5.41) is 6.87. The van der Waals surface area contributed by atoms with Gasteiger partial charge in [0.15, 0.2) is 0 Å². The molecule has 2 heterocycles. The molecule has 0 radical (unpaired) electrons. The first-order chi connectivity index (χ1) is 24.3. The minimum Gasteiger partial charge on any atom is -0.456 e. The second-order valence-electron chi connectivity index (χ2n) is 12.5. The summed E-state index contributed by atoms with van der Waals surface area (Å²) in [4.78, 5) is 2.37. The SMILES string of the molecule is c1ccc(-c2ccccc2N(c2ccc(-c3cccc4c3oc3ccccc34)cc2)c2ccc3ccc4oc5ccccc5c4c3c2)cc1. The molecular formula is C46H29NO2. The maximum atomic E-state index is 6.40. The van der Waals surface area contributed by atoms with Gasteiger partial charge < -0.3 is 13.7 Å². The van der Waals surface area contributed by atoms with E-state index >= 15 is 0 Å². The Hall–Kier alpha value is -6.58. The van der Waals surface area contributed by atoms with Crippen LogP contribution in [-0.4, -0.2) is 0 Å². The van der Waals surface area contributed by atoms with Crippen molar-refractivity contribution >= 4 is 71.7 Å². The maximum absolute atomic E-state index is 6.40. The van der Waals surface area contributed by atoms with E-state index in [4.69, 9.17) is 8.83 Å². The topological polar surface area (TPSA) is 29.5 Å². The number of rotatable bonds is 5. The van der Waals surface area contributed by atoms with Crippen molar-refractivity contribution in [1.29, 1.82) is 0 Å². The molecule has 0 atom stereocenters. The van der Waals surface area contributed by atoms with Gasteiger partial charge in [0.25, 0.3) is 0 Å². The Bertz CT molecular complexity index is 2830. The van der Waals surface area contributed by atoms with Gasteiger partial charge in [-0.1, -0.05) is 127 Å². The molecule has 0 amide bonds. The highest BCUT2D eigenvalue weighted by Gasteiger charge is 2.20. The van der Waals surface area contributed by atoms with Crippen molar-refractivity contribution in [3.8, 4) is 22.3 Å². The number of hydrogen-bond donors (Lipinski definition) is 0. The standard InChI is InChI=1S/C46H29NO2/c1-2-11-30(12-3-1)35-13-4-7-18-41(35)47(34-27-23-32-24-28-44-45(40(32)29-34)39-15-6-9-20-43(39)48-44)33-25-21-31(22-26-33)36-16-10-17-38-37-14-5-8-19-42(37)49-46(36)38/h1-29H. The Balaban J connectivity index is 1.18. The third-order valence-corrected chi connectivity index (χ3v) is 9.67. The molecule has 0 saturated heterocycles. The average molecular weight is 628 g/mol. The van der Waals surface area contributed by atoms with Crippen LogP contribution in [-0.2, 0) is 0 Å². The van der Waals surface area contributed by atoms with Crippen molar-refractivity contribution in [3.63, 3.8) is 0 Å². The van der Waals surface area contributed by atoms with Crippen molar-refractivity contribution < 1.29 is 8.83 Å². The zero-order chi connectivity index (χ0) is 32.3. The molecular weight excluding hydrogens is 599 g/mol. The molecule has 0 unspecified atom stereocenters. The van der Waals surface area contributed by atoms with E-state index in [1.165, 1.54) is 10.9 Å². The Kier molecular flexibility index (Phi) is 6.18. The van der Waals surface area contributed by atoms with Crippen LogP contribution in [0, 0.1) is 0 Å². The lowest BCUT2D eigenvalue weighted by Crippen LogP contribution is -2.11. The fraction of sp³-hybridized carbons (Fsp3) is 0. The van der Waals surface area contributed by atoms with Gasteiger partial charge in [-0.3, -0.25) is 0 Å². The molecule has 2 aromatic heterocycles. The summed E-state index contributed by atoms with van der Waals surface area (Å²) < 4.78 is 12.7. The molecule has 3 heteroatoms. The van der Waals surface area contributed by atoms with Crippen LogP contribution in [0.15, 0.2) is 185 Å². The van der Waals surface area contributed by atoms with Gasteiger partial charge >= 0.3 is 0 Å². The maximum Gasteiger partial charge on any atom is 0.143 e. The van der Waals surface area contributed by atoms with Gasteiger partial charge in [0, 0.05) is 44.0 Å². The molecule has 0 bridgehead atoms. The number of benzene rings is 8. The van der Waals surface area contributed by atoms with E-state index in [1.54, 1.807) is 0 Å². The fourth-order valence-corrected chi connectivity index (χ4v) is 7.39. The lowest BCUT2D eigenvalue weighted by molar-refractivity contribution is 0.669. The number of para-hydroxylation sites is 4. The molecule has 49 heavy (non-hydrogen) atoms. The molecule has 10 aromatic rings. The number of anilines is 3. The van der Waals surface area contributed by atoms with Gasteiger partial charge in [0.1, 0.15) is 22.3 Å². The minimum absolute atomic E-state index is 0.895. The van der Waals surface area contributed by atoms with Crippen LogP contribution >= 0.6 is 0 Å². The van der Waals surface area contributed by atoms with Gasteiger partial charge in [-0.05, 0) is 70.4 Å². The quantitative estimate of drug-likeness (QED) is 0.190. The molecule has 0 aliphatic carbocycles. The number of furan rings is 2. The summed E-state index contributed by atoms with van der Waals surface area (Å²) in [7, 11) is 0. The Morgan fingerprint density at radius 1 is 0.367 bits per heavy atom. The molecule has 3 nitrogen and oxygen atoms in total. The van der Waals surface area contributed by atoms with Gasteiger partial charge in [0.2, 0.25) is 0 Å². The highest BCUT2D eigenvalue weighted by atomic mass is 16.3. The molecule has 0 N–H and O–H groups in total. The van der Waals surface area contributed by atoms with Crippen molar-refractivity contribution in [1.82, 2.24) is 0 Å². The van der Waals surface area contributed by atoms with E-state index < -0.39 is 0 Å². The molecule has 230 valence electrons. The molecule has 8 aromatic carbocycles. The normalized spacial score (nSPS) is 11.7. The van der Waals surface area contributed by atoms with Crippen LogP contribution in [0.2, 0.25) is 0 Å². The first kappa shape index (κ1) is 27.5. The van der Waals surface area contributed by atoms with E-state index in [9.17, 15) is 0 Å². The van der Waals surface area contributed by atoms with Crippen LogP contribution in [0.4, 0.5) is 17.1 Å². The molecule has 0 aliphatic heterocycles. The number of fused-ring (bicyclic) bond motifs is 8. The summed E-state index contributed by atoms with van der Waals surface area (Å²) in [6, 6.07) is 62.1. The summed E-state index contributed by atoms with van der Waals surface area (Å²) >= 11 is 0. The monoisotopic (exact) mass is 627 g/mol. The lowest BCUT2D eigenvalue weighted by atomic mass is 9.99. The lowest BCUT2D eigenvalue weighted by Gasteiger charge is -2.28. The van der Waals surface area contributed by atoms with E-state index in [0.717, 1.165) is 83.0 Å². The van der Waals surface area contributed by atoms with Crippen molar-refractivity contribution in [2.45, 2.75) is 0 Å².